The molecule has 1 fully saturated rings. The van der Waals surface area contributed by atoms with E-state index in [0.29, 0.717) is 58.6 Å². The number of halogens is 2. The van der Waals surface area contributed by atoms with Gasteiger partial charge < -0.3 is 30.0 Å². The van der Waals surface area contributed by atoms with E-state index in [1.165, 1.54) is 20.3 Å². The van der Waals surface area contributed by atoms with Crippen molar-refractivity contribution in [3.8, 4) is 34.0 Å². The number of aryl methyl sites for hydroxylation is 1. The van der Waals surface area contributed by atoms with E-state index in [-0.39, 0.29) is 34.3 Å². The number of rotatable bonds is 8. The summed E-state index contributed by atoms with van der Waals surface area (Å²) in [7, 11) is 4.30. The molecule has 46 heavy (non-hydrogen) atoms. The van der Waals surface area contributed by atoms with Gasteiger partial charge in [0.25, 0.3) is 11.5 Å². The first kappa shape index (κ1) is 31.3. The highest BCUT2D eigenvalue weighted by Gasteiger charge is 2.32. The number of hydrogen-bond acceptors (Lipinski definition) is 8. The third-order valence-electron chi connectivity index (χ3n) is 8.13. The van der Waals surface area contributed by atoms with Crippen molar-refractivity contribution in [1.29, 1.82) is 0 Å². The van der Waals surface area contributed by atoms with Crippen molar-refractivity contribution >= 4 is 40.7 Å². The van der Waals surface area contributed by atoms with Gasteiger partial charge >= 0.3 is 5.69 Å². The lowest BCUT2D eigenvalue weighted by atomic mass is 9.99. The maximum absolute atomic E-state index is 13.1. The number of aromatic nitrogens is 3. The van der Waals surface area contributed by atoms with E-state index < -0.39 is 17.2 Å². The third kappa shape index (κ3) is 5.75. The first-order valence-electron chi connectivity index (χ1n) is 14.5. The minimum atomic E-state index is -0.728. The second-order valence-corrected chi connectivity index (χ2v) is 11.8. The molecule has 1 saturated heterocycles. The van der Waals surface area contributed by atoms with Crippen LogP contribution in [-0.4, -0.2) is 52.2 Å². The molecule has 0 radical (unpaired) electrons. The summed E-state index contributed by atoms with van der Waals surface area (Å²) in [4.78, 5) is 54.1. The van der Waals surface area contributed by atoms with Crippen LogP contribution in [0.4, 0.5) is 5.69 Å². The van der Waals surface area contributed by atoms with Gasteiger partial charge in [0.1, 0.15) is 17.9 Å². The number of methoxy groups -OCH3 is 1. The van der Waals surface area contributed by atoms with Crippen molar-refractivity contribution in [2.75, 3.05) is 25.6 Å². The van der Waals surface area contributed by atoms with Gasteiger partial charge in [0, 0.05) is 62.1 Å². The van der Waals surface area contributed by atoms with Gasteiger partial charge in [0.2, 0.25) is 11.8 Å². The van der Waals surface area contributed by atoms with Crippen LogP contribution in [0.1, 0.15) is 34.8 Å². The number of nitrogens with one attached hydrogen (secondary N) is 3. The van der Waals surface area contributed by atoms with Gasteiger partial charge in [-0.2, -0.15) is 0 Å². The molecule has 0 aliphatic carbocycles. The van der Waals surface area contributed by atoms with Gasteiger partial charge in [-0.3, -0.25) is 19.0 Å². The number of pyridine rings is 1. The SMILES string of the molecule is COc1nc(-c2cccc(-c3cccc(NC(=O)c4cn(C)c(=O)n(C)c4=O)c3Cl)c2Cl)cc2c1[C@H](NC[C@@H]1CCC(=O)N1)CO2. The van der Waals surface area contributed by atoms with E-state index >= 15 is 0 Å². The average molecular weight is 666 g/mol. The van der Waals surface area contributed by atoms with Crippen LogP contribution < -0.4 is 36.7 Å². The zero-order valence-electron chi connectivity index (χ0n) is 25.1. The fourth-order valence-corrected chi connectivity index (χ4v) is 6.30. The first-order chi connectivity index (χ1) is 22.1. The summed E-state index contributed by atoms with van der Waals surface area (Å²) in [6.45, 7) is 0.977. The third-order valence-corrected chi connectivity index (χ3v) is 8.95. The number of carbonyl (C=O) groups is 2. The fraction of sp³-hybridized carbons (Fsp3) is 0.281. The molecule has 3 N–H and O–H groups in total. The van der Waals surface area contributed by atoms with Crippen molar-refractivity contribution in [2.24, 2.45) is 14.1 Å². The van der Waals surface area contributed by atoms with Gasteiger partial charge in [-0.15, -0.1) is 0 Å². The maximum Gasteiger partial charge on any atom is 0.330 e. The molecule has 2 aromatic carbocycles. The number of benzene rings is 2. The summed E-state index contributed by atoms with van der Waals surface area (Å²) in [6.07, 6.45) is 2.50. The summed E-state index contributed by atoms with van der Waals surface area (Å²) in [5.74, 6) is 0.352. The highest BCUT2D eigenvalue weighted by atomic mass is 35.5. The summed E-state index contributed by atoms with van der Waals surface area (Å²) in [5.41, 5.74) is 1.80. The molecule has 0 bridgehead atoms. The molecule has 2 aliphatic rings. The molecule has 2 aromatic heterocycles. The highest BCUT2D eigenvalue weighted by molar-refractivity contribution is 6.39. The van der Waals surface area contributed by atoms with Crippen LogP contribution in [-0.2, 0) is 18.9 Å². The molecule has 0 unspecified atom stereocenters. The number of fused-ring (bicyclic) bond motifs is 1. The quantitative estimate of drug-likeness (QED) is 0.259. The average Bonchev–Trinajstić information content (AvgIpc) is 3.66. The summed E-state index contributed by atoms with van der Waals surface area (Å²) in [5, 5.41) is 9.66. The fourth-order valence-electron chi connectivity index (χ4n) is 5.70. The minimum absolute atomic E-state index is 0.0593. The number of nitrogens with zero attached hydrogens (tertiary/aromatic N) is 3. The summed E-state index contributed by atoms with van der Waals surface area (Å²) >= 11 is 13.8. The Bertz CT molecular complexity index is 2010. The van der Waals surface area contributed by atoms with E-state index in [1.807, 2.05) is 18.2 Å². The molecule has 0 saturated carbocycles. The van der Waals surface area contributed by atoms with Crippen molar-refractivity contribution < 1.29 is 19.1 Å². The van der Waals surface area contributed by atoms with Gasteiger partial charge in [-0.25, -0.2) is 9.78 Å². The Morgan fingerprint density at radius 1 is 1.09 bits per heavy atom. The molecule has 4 aromatic rings. The van der Waals surface area contributed by atoms with Gasteiger partial charge in [-0.1, -0.05) is 53.5 Å². The number of ether oxygens (including phenoxy) is 2. The Morgan fingerprint density at radius 3 is 2.52 bits per heavy atom. The molecule has 2 aliphatic heterocycles. The van der Waals surface area contributed by atoms with Crippen molar-refractivity contribution in [3.05, 3.63) is 90.7 Å². The lowest BCUT2D eigenvalue weighted by Gasteiger charge is -2.18. The molecule has 6 rings (SSSR count). The molecule has 12 nitrogen and oxygen atoms in total. The van der Waals surface area contributed by atoms with Gasteiger partial charge in [-0.05, 0) is 12.5 Å². The van der Waals surface area contributed by atoms with E-state index in [9.17, 15) is 19.2 Å². The number of anilines is 1. The highest BCUT2D eigenvalue weighted by Crippen LogP contribution is 2.45. The Morgan fingerprint density at radius 2 is 1.80 bits per heavy atom. The lowest BCUT2D eigenvalue weighted by Crippen LogP contribution is -2.40. The topological polar surface area (TPSA) is 146 Å². The molecule has 0 spiro atoms. The number of carbonyl (C=O) groups excluding carboxylic acids is 2. The molecule has 4 heterocycles. The summed E-state index contributed by atoms with van der Waals surface area (Å²) in [6, 6.07) is 12.2. The molecule has 14 heteroatoms. The Hall–Kier alpha value is -4.65. The molecule has 2 amide bonds. The second kappa shape index (κ2) is 12.6. The van der Waals surface area contributed by atoms with Crippen LogP contribution in [0.2, 0.25) is 10.0 Å². The predicted molar refractivity (Wildman–Crippen MR) is 174 cm³/mol. The van der Waals surface area contributed by atoms with Crippen molar-refractivity contribution in [2.45, 2.75) is 24.9 Å². The van der Waals surface area contributed by atoms with Crippen LogP contribution in [0.5, 0.6) is 11.6 Å². The van der Waals surface area contributed by atoms with Gasteiger partial charge in [0.15, 0.2) is 0 Å². The van der Waals surface area contributed by atoms with Gasteiger partial charge in [0.05, 0.1) is 40.1 Å². The molecule has 238 valence electrons. The normalized spacial score (nSPS) is 16.9. The minimum Gasteiger partial charge on any atom is -0.491 e. The molecule has 2 atom stereocenters. The Labute approximate surface area is 273 Å². The predicted octanol–water partition coefficient (Wildman–Crippen LogP) is 3.68. The van der Waals surface area contributed by atoms with Crippen LogP contribution in [0.25, 0.3) is 22.4 Å². The van der Waals surface area contributed by atoms with Crippen LogP contribution in [0, 0.1) is 0 Å². The van der Waals surface area contributed by atoms with Crippen LogP contribution in [0.15, 0.2) is 58.3 Å². The van der Waals surface area contributed by atoms with Crippen molar-refractivity contribution in [1.82, 2.24) is 24.8 Å². The largest absolute Gasteiger partial charge is 0.491 e. The zero-order chi connectivity index (χ0) is 32.7. The standard InChI is InChI=1S/C32H30Cl2N6O6/c1-39-14-20(31(43)40(2)32(39)44)29(42)37-21-9-5-7-18(28(21)34)17-6-4-8-19(27(17)33)22-12-24-26(30(38-22)45-3)23(15-46-24)35-13-16-10-11-25(41)36-16/h4-9,12,14,16,23,35H,10-11,13,15H2,1-3H3,(H,36,41)(H,37,42)/t16-,23+/m0/s1. The van der Waals surface area contributed by atoms with E-state index in [2.05, 4.69) is 16.0 Å². The first-order valence-corrected chi connectivity index (χ1v) is 15.2. The maximum atomic E-state index is 13.1. The Balaban J connectivity index is 1.29. The zero-order valence-corrected chi connectivity index (χ0v) is 26.7. The molecular formula is C32H30Cl2N6O6. The van der Waals surface area contributed by atoms with Crippen LogP contribution in [0.3, 0.4) is 0 Å². The van der Waals surface area contributed by atoms with E-state index in [0.717, 1.165) is 21.1 Å². The second-order valence-electron chi connectivity index (χ2n) is 11.1. The van der Waals surface area contributed by atoms with E-state index in [1.54, 1.807) is 31.4 Å². The summed E-state index contributed by atoms with van der Waals surface area (Å²) < 4.78 is 13.7. The monoisotopic (exact) mass is 664 g/mol. The smallest absolute Gasteiger partial charge is 0.330 e. The Kier molecular flexibility index (Phi) is 8.60. The number of hydrogen-bond donors (Lipinski definition) is 3. The number of amides is 2. The molecular weight excluding hydrogens is 635 g/mol. The van der Waals surface area contributed by atoms with Crippen LogP contribution >= 0.6 is 23.2 Å². The van der Waals surface area contributed by atoms with E-state index in [4.69, 9.17) is 37.7 Å². The van der Waals surface area contributed by atoms with Crippen molar-refractivity contribution in [3.63, 3.8) is 0 Å². The lowest BCUT2D eigenvalue weighted by molar-refractivity contribution is -0.119.